The molecule has 1 N–H and O–H groups in total. The van der Waals surface area contributed by atoms with Crippen LogP contribution in [0.2, 0.25) is 5.02 Å². The number of Topliss-reactive ketones (excluding diaryl/α,β-unsaturated/α-hetero) is 2. The minimum atomic E-state index is -0.529. The summed E-state index contributed by atoms with van der Waals surface area (Å²) in [5, 5.41) is 2.83. The molecule has 5 rings (SSSR count). The molecule has 0 bridgehead atoms. The number of hydrogen-bond donors (Lipinski definition) is 1. The maximum absolute atomic E-state index is 13.2. The molecule has 0 spiro atoms. The number of carbonyl (C=O) groups excluding carboxylic acids is 3. The highest BCUT2D eigenvalue weighted by molar-refractivity contribution is 6.32. The average molecular weight is 539 g/mol. The van der Waals surface area contributed by atoms with Crippen molar-refractivity contribution < 1.29 is 28.2 Å². The van der Waals surface area contributed by atoms with E-state index in [9.17, 15) is 18.8 Å². The molecule has 38 heavy (non-hydrogen) atoms. The van der Waals surface area contributed by atoms with Crippen LogP contribution in [0.15, 0.2) is 58.9 Å². The molecule has 1 amide bonds. The summed E-state index contributed by atoms with van der Waals surface area (Å²) in [6.07, 6.45) is 3.98. The zero-order chi connectivity index (χ0) is 27.0. The number of carbonyl (C=O) groups is 3. The SMILES string of the molecule is COc1cc(C2C3=C(CCCC3=O)N(C)C3=C2C(=O)CCC3)cc(Cl)c1OCC(=O)Nc1ccc(F)cc1. The molecule has 0 saturated heterocycles. The van der Waals surface area contributed by atoms with Crippen molar-refractivity contribution in [2.45, 2.75) is 44.4 Å². The minimum Gasteiger partial charge on any atom is -0.493 e. The van der Waals surface area contributed by atoms with E-state index in [1.165, 1.54) is 31.4 Å². The van der Waals surface area contributed by atoms with E-state index >= 15 is 0 Å². The summed E-state index contributed by atoms with van der Waals surface area (Å²) in [7, 11) is 3.40. The quantitative estimate of drug-likeness (QED) is 0.519. The van der Waals surface area contributed by atoms with Gasteiger partial charge in [0.1, 0.15) is 5.82 Å². The lowest BCUT2D eigenvalue weighted by atomic mass is 9.71. The lowest BCUT2D eigenvalue weighted by molar-refractivity contribution is -0.118. The van der Waals surface area contributed by atoms with Crippen LogP contribution in [-0.4, -0.2) is 43.1 Å². The molecule has 7 nitrogen and oxygen atoms in total. The number of nitrogens with zero attached hydrogens (tertiary/aromatic N) is 1. The van der Waals surface area contributed by atoms with Crippen molar-refractivity contribution >= 4 is 34.8 Å². The van der Waals surface area contributed by atoms with Gasteiger partial charge < -0.3 is 19.7 Å². The summed E-state index contributed by atoms with van der Waals surface area (Å²) in [6, 6.07) is 8.80. The first-order valence-corrected chi connectivity index (χ1v) is 13.0. The molecule has 0 aromatic heterocycles. The summed E-state index contributed by atoms with van der Waals surface area (Å²) in [5.41, 5.74) is 4.34. The monoisotopic (exact) mass is 538 g/mol. The van der Waals surface area contributed by atoms with Crippen LogP contribution in [0, 0.1) is 5.82 Å². The van der Waals surface area contributed by atoms with Gasteiger partial charge >= 0.3 is 0 Å². The Balaban J connectivity index is 1.47. The first kappa shape index (κ1) is 26.0. The number of ketones is 2. The van der Waals surface area contributed by atoms with Crippen LogP contribution in [0.5, 0.6) is 11.5 Å². The highest BCUT2D eigenvalue weighted by Crippen LogP contribution is 2.50. The lowest BCUT2D eigenvalue weighted by Gasteiger charge is -2.42. The number of amides is 1. The maximum atomic E-state index is 13.2. The van der Waals surface area contributed by atoms with Crippen molar-refractivity contribution in [3.05, 3.63) is 75.3 Å². The number of benzene rings is 2. The summed E-state index contributed by atoms with van der Waals surface area (Å²) in [5.74, 6) is -0.846. The Bertz CT molecular complexity index is 1340. The predicted octanol–water partition coefficient (Wildman–Crippen LogP) is 5.55. The smallest absolute Gasteiger partial charge is 0.262 e. The van der Waals surface area contributed by atoms with Crippen molar-refractivity contribution in [3.8, 4) is 11.5 Å². The molecule has 0 saturated carbocycles. The number of nitrogens with one attached hydrogen (secondary N) is 1. The minimum absolute atomic E-state index is 0.0425. The fourth-order valence-electron chi connectivity index (χ4n) is 5.60. The van der Waals surface area contributed by atoms with Crippen LogP contribution in [0.1, 0.15) is 50.0 Å². The number of hydrogen-bond acceptors (Lipinski definition) is 6. The van der Waals surface area contributed by atoms with Gasteiger partial charge in [0.05, 0.1) is 12.1 Å². The van der Waals surface area contributed by atoms with Crippen molar-refractivity contribution in [2.24, 2.45) is 0 Å². The summed E-state index contributed by atoms with van der Waals surface area (Å²) in [4.78, 5) is 40.9. The van der Waals surface area contributed by atoms with Crippen molar-refractivity contribution in [2.75, 3.05) is 26.1 Å². The van der Waals surface area contributed by atoms with Crippen LogP contribution < -0.4 is 14.8 Å². The lowest BCUT2D eigenvalue weighted by Crippen LogP contribution is -2.37. The summed E-state index contributed by atoms with van der Waals surface area (Å²) < 4.78 is 24.4. The second-order valence-corrected chi connectivity index (χ2v) is 10.1. The second kappa shape index (κ2) is 10.6. The third-order valence-electron chi connectivity index (χ3n) is 7.31. The number of allylic oxidation sites excluding steroid dienone is 4. The molecule has 2 aromatic carbocycles. The number of halogens is 2. The Morgan fingerprint density at radius 2 is 1.63 bits per heavy atom. The molecule has 198 valence electrons. The molecule has 0 unspecified atom stereocenters. The Morgan fingerprint density at radius 3 is 2.21 bits per heavy atom. The highest BCUT2D eigenvalue weighted by Gasteiger charge is 2.42. The molecule has 0 radical (unpaired) electrons. The fourth-order valence-corrected chi connectivity index (χ4v) is 5.87. The largest absolute Gasteiger partial charge is 0.493 e. The normalized spacial score (nSPS) is 17.8. The van der Waals surface area contributed by atoms with Gasteiger partial charge in [0.2, 0.25) is 0 Å². The molecular formula is C29H28ClFN2O5. The number of anilines is 1. The Hall–Kier alpha value is -3.65. The fraction of sp³-hybridized carbons (Fsp3) is 0.345. The second-order valence-electron chi connectivity index (χ2n) is 9.64. The van der Waals surface area contributed by atoms with E-state index in [-0.39, 0.29) is 34.7 Å². The van der Waals surface area contributed by atoms with Gasteiger partial charge in [0.25, 0.3) is 5.91 Å². The molecule has 1 aliphatic heterocycles. The van der Waals surface area contributed by atoms with Gasteiger partial charge in [-0.1, -0.05) is 11.6 Å². The molecule has 0 fully saturated rings. The van der Waals surface area contributed by atoms with Gasteiger partial charge in [-0.3, -0.25) is 14.4 Å². The van der Waals surface area contributed by atoms with Gasteiger partial charge in [-0.25, -0.2) is 4.39 Å². The van der Waals surface area contributed by atoms with E-state index in [1.807, 2.05) is 11.9 Å². The van der Waals surface area contributed by atoms with Gasteiger partial charge in [-0.15, -0.1) is 0 Å². The van der Waals surface area contributed by atoms with Crippen LogP contribution in [0.3, 0.4) is 0 Å². The molecule has 3 aliphatic rings. The van der Waals surface area contributed by atoms with Gasteiger partial charge in [0.15, 0.2) is 29.7 Å². The van der Waals surface area contributed by atoms with Crippen molar-refractivity contribution in [3.63, 3.8) is 0 Å². The number of methoxy groups -OCH3 is 1. The highest BCUT2D eigenvalue weighted by atomic mass is 35.5. The van der Waals surface area contributed by atoms with E-state index in [1.54, 1.807) is 12.1 Å². The first-order chi connectivity index (χ1) is 18.3. The third kappa shape index (κ3) is 4.80. The van der Waals surface area contributed by atoms with E-state index < -0.39 is 17.6 Å². The molecular weight excluding hydrogens is 511 g/mol. The summed E-state index contributed by atoms with van der Waals surface area (Å²) in [6.45, 7) is -0.359. The zero-order valence-corrected chi connectivity index (χ0v) is 22.0. The van der Waals surface area contributed by atoms with E-state index in [0.29, 0.717) is 35.2 Å². The van der Waals surface area contributed by atoms with Crippen LogP contribution in [-0.2, 0) is 14.4 Å². The molecule has 0 atom stereocenters. The Kier molecular flexibility index (Phi) is 7.25. The van der Waals surface area contributed by atoms with E-state index in [4.69, 9.17) is 21.1 Å². The third-order valence-corrected chi connectivity index (χ3v) is 7.59. The maximum Gasteiger partial charge on any atom is 0.262 e. The first-order valence-electron chi connectivity index (χ1n) is 12.6. The van der Waals surface area contributed by atoms with E-state index in [2.05, 4.69) is 5.32 Å². The van der Waals surface area contributed by atoms with Crippen LogP contribution in [0.4, 0.5) is 10.1 Å². The van der Waals surface area contributed by atoms with E-state index in [0.717, 1.165) is 37.1 Å². The zero-order valence-electron chi connectivity index (χ0n) is 21.2. The Morgan fingerprint density at radius 1 is 1.03 bits per heavy atom. The van der Waals surface area contributed by atoms with Crippen LogP contribution >= 0.6 is 11.6 Å². The summed E-state index contributed by atoms with van der Waals surface area (Å²) >= 11 is 6.65. The van der Waals surface area contributed by atoms with Crippen LogP contribution in [0.25, 0.3) is 0 Å². The Labute approximate surface area is 225 Å². The van der Waals surface area contributed by atoms with Crippen molar-refractivity contribution in [1.29, 1.82) is 0 Å². The average Bonchev–Trinajstić information content (AvgIpc) is 2.90. The van der Waals surface area contributed by atoms with Gasteiger partial charge in [-0.05, 0) is 67.6 Å². The molecule has 2 aliphatic carbocycles. The standard InChI is InChI=1S/C29H28ClFN2O5/c1-33-20-5-3-7-22(34)27(20)26(28-21(33)6-4-8-23(28)35)16-13-19(30)29(24(14-16)37-2)38-15-25(36)32-18-11-9-17(31)10-12-18/h9-14,26H,3-8,15H2,1-2H3,(H,32,36). The van der Waals surface area contributed by atoms with Gasteiger partial charge in [0, 0.05) is 54.0 Å². The predicted molar refractivity (Wildman–Crippen MR) is 141 cm³/mol. The van der Waals surface area contributed by atoms with Crippen molar-refractivity contribution in [1.82, 2.24) is 4.90 Å². The molecule has 1 heterocycles. The number of ether oxygens (including phenoxy) is 2. The molecule has 2 aromatic rings. The topological polar surface area (TPSA) is 84.9 Å². The molecule has 9 heteroatoms. The number of rotatable bonds is 6. The van der Waals surface area contributed by atoms with Gasteiger partial charge in [-0.2, -0.15) is 0 Å².